The van der Waals surface area contributed by atoms with Crippen molar-refractivity contribution in [3.05, 3.63) is 24.5 Å². The molecule has 0 radical (unpaired) electrons. The Labute approximate surface area is 126 Å². The number of pyridine rings is 1. The van der Waals surface area contributed by atoms with Crippen LogP contribution in [0.2, 0.25) is 0 Å². The molecule has 108 valence electrons. The van der Waals surface area contributed by atoms with E-state index >= 15 is 0 Å². The van der Waals surface area contributed by atoms with Gasteiger partial charge in [-0.05, 0) is 37.9 Å². The minimum Gasteiger partial charge on any atom is -0.489 e. The summed E-state index contributed by atoms with van der Waals surface area (Å²) in [6, 6.07) is 4.38. The van der Waals surface area contributed by atoms with Crippen molar-refractivity contribution in [2.24, 2.45) is 0 Å². The van der Waals surface area contributed by atoms with Crippen LogP contribution in [0.5, 0.6) is 5.75 Å². The van der Waals surface area contributed by atoms with E-state index in [1.165, 1.54) is 6.42 Å². The summed E-state index contributed by atoms with van der Waals surface area (Å²) in [5.41, 5.74) is 0. The molecular formula is C13H20Cl2N2O2. The summed E-state index contributed by atoms with van der Waals surface area (Å²) >= 11 is 0. The van der Waals surface area contributed by atoms with Gasteiger partial charge in [0.15, 0.2) is 0 Å². The van der Waals surface area contributed by atoms with Gasteiger partial charge in [0.1, 0.15) is 12.4 Å². The first-order chi connectivity index (χ1) is 8.42. The molecule has 2 fully saturated rings. The number of hydrogen-bond acceptors (Lipinski definition) is 4. The maximum absolute atomic E-state index is 6.02. The van der Waals surface area contributed by atoms with Crippen molar-refractivity contribution < 1.29 is 9.47 Å². The van der Waals surface area contributed by atoms with Crippen LogP contribution in [0.25, 0.3) is 0 Å². The summed E-state index contributed by atoms with van der Waals surface area (Å²) in [6.45, 7) is 1.72. The first-order valence-electron chi connectivity index (χ1n) is 6.33. The Morgan fingerprint density at radius 1 is 1.32 bits per heavy atom. The van der Waals surface area contributed by atoms with Gasteiger partial charge in [-0.2, -0.15) is 0 Å². The molecule has 2 saturated heterocycles. The summed E-state index contributed by atoms with van der Waals surface area (Å²) in [4.78, 5) is 4.03. The van der Waals surface area contributed by atoms with Gasteiger partial charge in [-0.25, -0.2) is 0 Å². The first-order valence-corrected chi connectivity index (χ1v) is 6.33. The van der Waals surface area contributed by atoms with Crippen molar-refractivity contribution in [1.29, 1.82) is 0 Å². The SMILES string of the molecule is Cl.Cl.c1cncc(OC[C@@H]2CC[C@H]3NCC[C@H]3O2)c1. The Hall–Kier alpha value is -0.550. The third-order valence-electron chi connectivity index (χ3n) is 3.52. The Balaban J connectivity index is 0.000000902. The molecule has 4 nitrogen and oxygen atoms in total. The third kappa shape index (κ3) is 4.21. The number of fused-ring (bicyclic) bond motifs is 1. The van der Waals surface area contributed by atoms with Gasteiger partial charge in [-0.3, -0.25) is 4.98 Å². The molecule has 3 heterocycles. The van der Waals surface area contributed by atoms with Gasteiger partial charge >= 0.3 is 0 Å². The molecule has 2 aliphatic heterocycles. The fourth-order valence-corrected chi connectivity index (χ4v) is 2.62. The van der Waals surface area contributed by atoms with Gasteiger partial charge in [0.05, 0.1) is 18.4 Å². The molecule has 1 N–H and O–H groups in total. The van der Waals surface area contributed by atoms with Crippen LogP contribution < -0.4 is 10.1 Å². The van der Waals surface area contributed by atoms with Crippen LogP contribution in [0.15, 0.2) is 24.5 Å². The molecule has 0 aromatic carbocycles. The van der Waals surface area contributed by atoms with Crippen LogP contribution in [-0.4, -0.2) is 36.4 Å². The van der Waals surface area contributed by atoms with Gasteiger partial charge in [0.25, 0.3) is 0 Å². The van der Waals surface area contributed by atoms with E-state index in [1.54, 1.807) is 12.4 Å². The lowest BCUT2D eigenvalue weighted by Gasteiger charge is -2.32. The Morgan fingerprint density at radius 2 is 2.21 bits per heavy atom. The van der Waals surface area contributed by atoms with Gasteiger partial charge < -0.3 is 14.8 Å². The summed E-state index contributed by atoms with van der Waals surface area (Å²) in [5.74, 6) is 0.822. The second-order valence-electron chi connectivity index (χ2n) is 4.72. The number of nitrogens with zero attached hydrogens (tertiary/aromatic N) is 1. The second-order valence-corrected chi connectivity index (χ2v) is 4.72. The first kappa shape index (κ1) is 16.5. The van der Waals surface area contributed by atoms with E-state index in [2.05, 4.69) is 10.3 Å². The van der Waals surface area contributed by atoms with E-state index in [4.69, 9.17) is 9.47 Å². The van der Waals surface area contributed by atoms with Crippen molar-refractivity contribution in [3.8, 4) is 5.75 Å². The lowest BCUT2D eigenvalue weighted by molar-refractivity contribution is -0.0701. The number of halogens is 2. The third-order valence-corrected chi connectivity index (χ3v) is 3.52. The number of ether oxygens (including phenoxy) is 2. The van der Waals surface area contributed by atoms with E-state index in [-0.39, 0.29) is 30.9 Å². The zero-order valence-corrected chi connectivity index (χ0v) is 12.3. The monoisotopic (exact) mass is 306 g/mol. The maximum atomic E-state index is 6.02. The van der Waals surface area contributed by atoms with Crippen LogP contribution in [-0.2, 0) is 4.74 Å². The van der Waals surface area contributed by atoms with E-state index in [1.807, 2.05) is 12.1 Å². The molecule has 0 spiro atoms. The molecule has 3 rings (SSSR count). The van der Waals surface area contributed by atoms with Crippen molar-refractivity contribution >= 4 is 24.8 Å². The van der Waals surface area contributed by atoms with Crippen LogP contribution in [0.3, 0.4) is 0 Å². The molecule has 1 aromatic heterocycles. The van der Waals surface area contributed by atoms with Crippen molar-refractivity contribution in [1.82, 2.24) is 10.3 Å². The van der Waals surface area contributed by atoms with Gasteiger partial charge in [-0.1, -0.05) is 0 Å². The molecule has 3 atom stereocenters. The number of nitrogens with one attached hydrogen (secondary N) is 1. The summed E-state index contributed by atoms with van der Waals surface area (Å²) in [7, 11) is 0. The molecule has 0 unspecified atom stereocenters. The lowest BCUT2D eigenvalue weighted by atomic mass is 10.0. The van der Waals surface area contributed by atoms with Crippen LogP contribution >= 0.6 is 24.8 Å². The molecule has 19 heavy (non-hydrogen) atoms. The number of aromatic nitrogens is 1. The fraction of sp³-hybridized carbons (Fsp3) is 0.615. The maximum Gasteiger partial charge on any atom is 0.137 e. The quantitative estimate of drug-likeness (QED) is 0.930. The topological polar surface area (TPSA) is 43.4 Å². The largest absolute Gasteiger partial charge is 0.489 e. The van der Waals surface area contributed by atoms with E-state index in [0.29, 0.717) is 18.8 Å². The van der Waals surface area contributed by atoms with Gasteiger partial charge in [-0.15, -0.1) is 24.8 Å². The average Bonchev–Trinajstić information content (AvgIpc) is 2.85. The predicted molar refractivity (Wildman–Crippen MR) is 78.5 cm³/mol. The molecule has 1 aromatic rings. The Morgan fingerprint density at radius 3 is 3.00 bits per heavy atom. The van der Waals surface area contributed by atoms with Crippen molar-refractivity contribution in [2.45, 2.75) is 37.5 Å². The fourth-order valence-electron chi connectivity index (χ4n) is 2.62. The van der Waals surface area contributed by atoms with Crippen molar-refractivity contribution in [3.63, 3.8) is 0 Å². The highest BCUT2D eigenvalue weighted by Crippen LogP contribution is 2.25. The molecule has 0 aliphatic carbocycles. The number of hydrogen-bond donors (Lipinski definition) is 1. The molecule has 6 heteroatoms. The minimum absolute atomic E-state index is 0. The molecule has 0 amide bonds. The Bertz CT molecular complexity index is 367. The highest BCUT2D eigenvalue weighted by Gasteiger charge is 2.34. The van der Waals surface area contributed by atoms with Gasteiger partial charge in [0.2, 0.25) is 0 Å². The highest BCUT2D eigenvalue weighted by molar-refractivity contribution is 5.85. The van der Waals surface area contributed by atoms with Crippen molar-refractivity contribution in [2.75, 3.05) is 13.2 Å². The predicted octanol–water partition coefficient (Wildman–Crippen LogP) is 2.21. The summed E-state index contributed by atoms with van der Waals surface area (Å²) in [5, 5.41) is 3.48. The second kappa shape index (κ2) is 7.90. The zero-order chi connectivity index (χ0) is 11.5. The molecule has 0 saturated carbocycles. The van der Waals surface area contributed by atoms with Crippen LogP contribution in [0.1, 0.15) is 19.3 Å². The molecule has 2 aliphatic rings. The Kier molecular flexibility index (Phi) is 6.86. The van der Waals surface area contributed by atoms with Crippen LogP contribution in [0, 0.1) is 0 Å². The standard InChI is InChI=1S/C13H18N2O2.2ClH/c1-2-10(8-14-6-1)16-9-11-3-4-12-13(17-11)5-7-15-12;;/h1-2,6,8,11-13,15H,3-5,7,9H2;2*1H/t11-,12+,13+;;/m0../s1. The van der Waals surface area contributed by atoms with E-state index < -0.39 is 0 Å². The number of rotatable bonds is 3. The van der Waals surface area contributed by atoms with E-state index in [9.17, 15) is 0 Å². The summed E-state index contributed by atoms with van der Waals surface area (Å²) in [6.07, 6.45) is 7.53. The van der Waals surface area contributed by atoms with Crippen LogP contribution in [0.4, 0.5) is 0 Å². The average molecular weight is 307 g/mol. The lowest BCUT2D eigenvalue weighted by Crippen LogP contribution is -2.42. The summed E-state index contributed by atoms with van der Waals surface area (Å²) < 4.78 is 11.7. The molecular weight excluding hydrogens is 287 g/mol. The van der Waals surface area contributed by atoms with E-state index in [0.717, 1.165) is 25.1 Å². The smallest absolute Gasteiger partial charge is 0.137 e. The van der Waals surface area contributed by atoms with Gasteiger partial charge in [0, 0.05) is 12.2 Å². The minimum atomic E-state index is 0. The normalized spacial score (nSPS) is 28.7. The molecule has 0 bridgehead atoms. The zero-order valence-electron chi connectivity index (χ0n) is 10.7. The highest BCUT2D eigenvalue weighted by atomic mass is 35.5.